The number of hydrogen-bond donors (Lipinski definition) is 1. The molecule has 0 unspecified atom stereocenters. The molecule has 0 radical (unpaired) electrons. The molecule has 1 aliphatic rings. The third kappa shape index (κ3) is 2.56. The second-order valence-corrected chi connectivity index (χ2v) is 7.31. The van der Waals surface area contributed by atoms with Crippen LogP contribution in [0.3, 0.4) is 0 Å². The van der Waals surface area contributed by atoms with Crippen LogP contribution in [0.2, 0.25) is 5.02 Å². The van der Waals surface area contributed by atoms with Gasteiger partial charge in [0.25, 0.3) is 5.89 Å². The highest BCUT2D eigenvalue weighted by Gasteiger charge is 2.39. The van der Waals surface area contributed by atoms with Gasteiger partial charge in [-0.25, -0.2) is 4.98 Å². The number of aromatic nitrogens is 3. The topological polar surface area (TPSA) is 77.8 Å². The average Bonchev–Trinajstić information content (AvgIpc) is 3.12. The van der Waals surface area contributed by atoms with Crippen molar-refractivity contribution in [2.45, 2.75) is 31.7 Å². The van der Waals surface area contributed by atoms with Crippen molar-refractivity contribution in [3.05, 3.63) is 40.8 Å². The lowest BCUT2D eigenvalue weighted by molar-refractivity contribution is 0.229. The van der Waals surface area contributed by atoms with E-state index >= 15 is 0 Å². The van der Waals surface area contributed by atoms with E-state index in [9.17, 15) is 0 Å². The molecule has 0 amide bonds. The van der Waals surface area contributed by atoms with E-state index in [1.165, 1.54) is 11.3 Å². The van der Waals surface area contributed by atoms with Gasteiger partial charge in [0.1, 0.15) is 9.88 Å². The Balaban J connectivity index is 1.68. The zero-order valence-electron chi connectivity index (χ0n) is 12.5. The minimum Gasteiger partial charge on any atom is -0.333 e. The van der Waals surface area contributed by atoms with Crippen LogP contribution in [-0.2, 0) is 5.54 Å². The number of benzene rings is 1. The van der Waals surface area contributed by atoms with Crippen molar-refractivity contribution in [3.8, 4) is 21.3 Å². The molecule has 2 aromatic heterocycles. The Bertz CT molecular complexity index is 851. The number of nitrogens with zero attached hydrogens (tertiary/aromatic N) is 3. The summed E-state index contributed by atoms with van der Waals surface area (Å²) in [5.41, 5.74) is 7.72. The summed E-state index contributed by atoms with van der Waals surface area (Å²) >= 11 is 7.46. The van der Waals surface area contributed by atoms with Crippen molar-refractivity contribution in [3.63, 3.8) is 0 Å². The maximum atomic E-state index is 6.25. The first-order valence-corrected chi connectivity index (χ1v) is 8.61. The summed E-state index contributed by atoms with van der Waals surface area (Å²) in [6.45, 7) is 1.94. The molecular weight excluding hydrogens is 332 g/mol. The summed E-state index contributed by atoms with van der Waals surface area (Å²) in [4.78, 5) is 10.00. The van der Waals surface area contributed by atoms with Gasteiger partial charge in [-0.15, -0.1) is 11.3 Å². The van der Waals surface area contributed by atoms with Crippen molar-refractivity contribution >= 4 is 22.9 Å². The molecule has 2 heterocycles. The zero-order chi connectivity index (χ0) is 16.0. The summed E-state index contributed by atoms with van der Waals surface area (Å²) in [5.74, 6) is 1.09. The van der Waals surface area contributed by atoms with Crippen LogP contribution in [0.15, 0.2) is 28.8 Å². The van der Waals surface area contributed by atoms with Gasteiger partial charge in [0.05, 0.1) is 11.2 Å². The molecule has 7 heteroatoms. The summed E-state index contributed by atoms with van der Waals surface area (Å²) in [5, 5.41) is 5.68. The smallest absolute Gasteiger partial charge is 0.270 e. The van der Waals surface area contributed by atoms with Crippen LogP contribution in [0.25, 0.3) is 21.3 Å². The highest BCUT2D eigenvalue weighted by Crippen LogP contribution is 2.39. The predicted octanol–water partition coefficient (Wildman–Crippen LogP) is 4.16. The molecule has 23 heavy (non-hydrogen) atoms. The van der Waals surface area contributed by atoms with Crippen LogP contribution < -0.4 is 5.73 Å². The molecule has 5 nitrogen and oxygen atoms in total. The normalized spacial score (nSPS) is 16.3. The highest BCUT2D eigenvalue weighted by atomic mass is 35.5. The SMILES string of the molecule is Cc1nc(-c2ccc(Cl)cc2)sc1-c1nc(C2(N)CCC2)no1. The number of aryl methyl sites for hydroxylation is 1. The Hall–Kier alpha value is -1.76. The molecular formula is C16H15ClN4OS. The largest absolute Gasteiger partial charge is 0.333 e. The van der Waals surface area contributed by atoms with Crippen LogP contribution in [0.5, 0.6) is 0 Å². The van der Waals surface area contributed by atoms with E-state index in [-0.39, 0.29) is 0 Å². The average molecular weight is 347 g/mol. The Morgan fingerprint density at radius 2 is 1.96 bits per heavy atom. The Kier molecular flexibility index (Phi) is 3.48. The van der Waals surface area contributed by atoms with Crippen molar-refractivity contribution in [1.29, 1.82) is 0 Å². The van der Waals surface area contributed by atoms with Crippen molar-refractivity contribution < 1.29 is 4.52 Å². The lowest BCUT2D eigenvalue weighted by Gasteiger charge is -2.34. The molecule has 3 aromatic rings. The van der Waals surface area contributed by atoms with Gasteiger partial charge < -0.3 is 10.3 Å². The van der Waals surface area contributed by atoms with Crippen LogP contribution in [0.4, 0.5) is 0 Å². The summed E-state index contributed by atoms with van der Waals surface area (Å²) in [6, 6.07) is 7.61. The molecule has 0 saturated heterocycles. The first kappa shape index (κ1) is 14.8. The van der Waals surface area contributed by atoms with Gasteiger partial charge in [-0.3, -0.25) is 0 Å². The van der Waals surface area contributed by atoms with Crippen LogP contribution in [0.1, 0.15) is 30.8 Å². The third-order valence-corrected chi connectivity index (χ3v) is 5.65. The fourth-order valence-corrected chi connectivity index (χ4v) is 3.73. The minimum atomic E-state index is -0.417. The fourth-order valence-electron chi connectivity index (χ4n) is 2.61. The lowest BCUT2D eigenvalue weighted by atomic mass is 9.77. The van der Waals surface area contributed by atoms with Crippen molar-refractivity contribution in [2.75, 3.05) is 0 Å². The molecule has 4 rings (SSSR count). The molecule has 1 fully saturated rings. The molecule has 1 aromatic carbocycles. The van der Waals surface area contributed by atoms with E-state index in [1.807, 2.05) is 31.2 Å². The van der Waals surface area contributed by atoms with Gasteiger partial charge in [-0.05, 0) is 38.3 Å². The molecule has 0 bridgehead atoms. The monoisotopic (exact) mass is 346 g/mol. The quantitative estimate of drug-likeness (QED) is 0.770. The van der Waals surface area contributed by atoms with Crippen molar-refractivity contribution in [2.24, 2.45) is 5.73 Å². The molecule has 1 saturated carbocycles. The second kappa shape index (κ2) is 5.40. The predicted molar refractivity (Wildman–Crippen MR) is 90.3 cm³/mol. The first-order chi connectivity index (χ1) is 11.0. The Morgan fingerprint density at radius 3 is 2.61 bits per heavy atom. The van der Waals surface area contributed by atoms with E-state index in [4.69, 9.17) is 21.9 Å². The van der Waals surface area contributed by atoms with E-state index in [2.05, 4.69) is 15.1 Å². The molecule has 0 aliphatic heterocycles. The Morgan fingerprint density at radius 1 is 1.22 bits per heavy atom. The maximum Gasteiger partial charge on any atom is 0.270 e. The number of nitrogens with two attached hydrogens (primary N) is 1. The first-order valence-electron chi connectivity index (χ1n) is 7.42. The molecule has 0 spiro atoms. The number of hydrogen-bond acceptors (Lipinski definition) is 6. The van der Waals surface area contributed by atoms with E-state index in [1.54, 1.807) is 0 Å². The van der Waals surface area contributed by atoms with Gasteiger partial charge in [0, 0.05) is 10.6 Å². The Labute approximate surface area is 142 Å². The van der Waals surface area contributed by atoms with E-state index < -0.39 is 5.54 Å². The molecule has 118 valence electrons. The molecule has 0 atom stereocenters. The number of thiazole rings is 1. The van der Waals surface area contributed by atoms with Crippen LogP contribution >= 0.6 is 22.9 Å². The zero-order valence-corrected chi connectivity index (χ0v) is 14.1. The van der Waals surface area contributed by atoms with Gasteiger partial charge >= 0.3 is 0 Å². The number of halogens is 1. The lowest BCUT2D eigenvalue weighted by Crippen LogP contribution is -2.44. The third-order valence-electron chi connectivity index (χ3n) is 4.20. The standard InChI is InChI=1S/C16H15ClN4OS/c1-9-12(13-20-15(21-22-13)16(18)7-2-8-16)23-14(19-9)10-3-5-11(17)6-4-10/h3-6H,2,7-8,18H2,1H3. The van der Waals surface area contributed by atoms with Gasteiger partial charge in [0.2, 0.25) is 0 Å². The number of rotatable bonds is 3. The fraction of sp³-hybridized carbons (Fsp3) is 0.312. The molecule has 1 aliphatic carbocycles. The van der Waals surface area contributed by atoms with Gasteiger partial charge in [-0.1, -0.05) is 28.9 Å². The molecule has 2 N–H and O–H groups in total. The summed E-state index contributed by atoms with van der Waals surface area (Å²) < 4.78 is 5.43. The highest BCUT2D eigenvalue weighted by molar-refractivity contribution is 7.18. The van der Waals surface area contributed by atoms with Crippen LogP contribution in [0, 0.1) is 6.92 Å². The maximum absolute atomic E-state index is 6.25. The summed E-state index contributed by atoms with van der Waals surface area (Å²) in [6.07, 6.45) is 2.92. The minimum absolute atomic E-state index is 0.417. The van der Waals surface area contributed by atoms with E-state index in [0.29, 0.717) is 16.7 Å². The van der Waals surface area contributed by atoms with Crippen LogP contribution in [-0.4, -0.2) is 15.1 Å². The summed E-state index contributed by atoms with van der Waals surface area (Å²) in [7, 11) is 0. The van der Waals surface area contributed by atoms with Crippen molar-refractivity contribution in [1.82, 2.24) is 15.1 Å². The van der Waals surface area contributed by atoms with E-state index in [0.717, 1.165) is 40.4 Å². The van der Waals surface area contributed by atoms with Gasteiger partial charge in [-0.2, -0.15) is 4.98 Å². The second-order valence-electron chi connectivity index (χ2n) is 5.87. The van der Waals surface area contributed by atoms with Gasteiger partial charge in [0.15, 0.2) is 5.82 Å².